The zero-order valence-electron chi connectivity index (χ0n) is 17.3. The van der Waals surface area contributed by atoms with Crippen molar-refractivity contribution < 1.29 is 9.53 Å². The summed E-state index contributed by atoms with van der Waals surface area (Å²) in [5.41, 5.74) is 5.85. The number of halogens is 1. The summed E-state index contributed by atoms with van der Waals surface area (Å²) in [4.78, 5) is 15.4. The van der Waals surface area contributed by atoms with E-state index in [9.17, 15) is 4.79 Å². The number of anilines is 2. The van der Waals surface area contributed by atoms with Gasteiger partial charge in [0.1, 0.15) is 5.41 Å². The molecule has 31 heavy (non-hydrogen) atoms. The fourth-order valence-electron chi connectivity index (χ4n) is 3.98. The van der Waals surface area contributed by atoms with Crippen molar-refractivity contribution in [3.05, 3.63) is 95.5 Å². The molecule has 1 N–H and O–H groups in total. The number of benzene rings is 3. The molecule has 1 aliphatic heterocycles. The van der Waals surface area contributed by atoms with E-state index >= 15 is 0 Å². The standard InChI is InChI=1S/C25H24ClN3O2/c1-31-24(30)25(16-19-8-4-2-5-9-19)18-29(22-14-12-20(26)13-15-22)17-23(25)28-27-21-10-6-3-7-11-21/h2-15,27H,16-18H2,1H3/b28-23+. The highest BCUT2D eigenvalue weighted by molar-refractivity contribution is 6.30. The van der Waals surface area contributed by atoms with Crippen molar-refractivity contribution in [1.82, 2.24) is 0 Å². The van der Waals surface area contributed by atoms with E-state index in [-0.39, 0.29) is 5.97 Å². The quantitative estimate of drug-likeness (QED) is 0.437. The van der Waals surface area contributed by atoms with Crippen LogP contribution in [0.2, 0.25) is 5.02 Å². The molecule has 0 radical (unpaired) electrons. The van der Waals surface area contributed by atoms with E-state index in [1.54, 1.807) is 0 Å². The maximum atomic E-state index is 13.2. The third kappa shape index (κ3) is 4.57. The average molecular weight is 434 g/mol. The van der Waals surface area contributed by atoms with Crippen LogP contribution in [0.5, 0.6) is 0 Å². The van der Waals surface area contributed by atoms with Gasteiger partial charge in [-0.3, -0.25) is 10.2 Å². The van der Waals surface area contributed by atoms with Gasteiger partial charge in [-0.2, -0.15) is 5.10 Å². The molecule has 1 saturated heterocycles. The first-order chi connectivity index (χ1) is 15.1. The molecule has 1 aliphatic rings. The number of methoxy groups -OCH3 is 1. The summed E-state index contributed by atoms with van der Waals surface area (Å²) in [5.74, 6) is -0.290. The number of nitrogens with one attached hydrogen (secondary N) is 1. The fraction of sp³-hybridized carbons (Fsp3) is 0.200. The van der Waals surface area contributed by atoms with Crippen LogP contribution in [-0.2, 0) is 16.0 Å². The van der Waals surface area contributed by atoms with Crippen LogP contribution in [0.25, 0.3) is 0 Å². The molecule has 1 fully saturated rings. The number of rotatable bonds is 6. The zero-order valence-corrected chi connectivity index (χ0v) is 18.0. The maximum Gasteiger partial charge on any atom is 0.319 e. The Morgan fingerprint density at radius 3 is 2.32 bits per heavy atom. The van der Waals surface area contributed by atoms with Crippen LogP contribution >= 0.6 is 11.6 Å². The monoisotopic (exact) mass is 433 g/mol. The number of nitrogens with zero attached hydrogens (tertiary/aromatic N) is 2. The summed E-state index contributed by atoms with van der Waals surface area (Å²) >= 11 is 6.07. The second-order valence-electron chi connectivity index (χ2n) is 7.60. The van der Waals surface area contributed by atoms with Gasteiger partial charge >= 0.3 is 5.97 Å². The Hall–Kier alpha value is -3.31. The van der Waals surface area contributed by atoms with Gasteiger partial charge in [0.25, 0.3) is 0 Å². The van der Waals surface area contributed by atoms with Crippen LogP contribution in [0, 0.1) is 5.41 Å². The minimum absolute atomic E-state index is 0.290. The maximum absolute atomic E-state index is 13.2. The second-order valence-corrected chi connectivity index (χ2v) is 8.04. The van der Waals surface area contributed by atoms with Gasteiger partial charge in [0.05, 0.1) is 25.1 Å². The van der Waals surface area contributed by atoms with Gasteiger partial charge in [0.2, 0.25) is 0 Å². The Morgan fingerprint density at radius 1 is 1.03 bits per heavy atom. The Kier molecular flexibility index (Phi) is 6.23. The molecule has 1 unspecified atom stereocenters. The predicted octanol–water partition coefficient (Wildman–Crippen LogP) is 5.03. The minimum atomic E-state index is -0.905. The molecule has 1 atom stereocenters. The van der Waals surface area contributed by atoms with E-state index in [0.29, 0.717) is 24.5 Å². The van der Waals surface area contributed by atoms with Gasteiger partial charge in [0.15, 0.2) is 0 Å². The van der Waals surface area contributed by atoms with Gasteiger partial charge < -0.3 is 9.64 Å². The molecule has 0 amide bonds. The van der Waals surface area contributed by atoms with Crippen LogP contribution in [0.4, 0.5) is 11.4 Å². The number of hydrazone groups is 1. The van der Waals surface area contributed by atoms with Gasteiger partial charge in [-0.15, -0.1) is 0 Å². The third-order valence-electron chi connectivity index (χ3n) is 5.56. The Bertz CT molecular complexity index is 1060. The number of carbonyl (C=O) groups is 1. The van der Waals surface area contributed by atoms with E-state index < -0.39 is 5.41 Å². The van der Waals surface area contributed by atoms with Crippen molar-refractivity contribution in [3.8, 4) is 0 Å². The summed E-state index contributed by atoms with van der Waals surface area (Å²) in [5, 5.41) is 5.38. The van der Waals surface area contributed by atoms with Crippen molar-refractivity contribution in [2.45, 2.75) is 6.42 Å². The summed E-state index contributed by atoms with van der Waals surface area (Å²) in [7, 11) is 1.43. The summed E-state index contributed by atoms with van der Waals surface area (Å²) in [6, 6.07) is 27.3. The third-order valence-corrected chi connectivity index (χ3v) is 5.82. The smallest absolute Gasteiger partial charge is 0.319 e. The van der Waals surface area contributed by atoms with Crippen LogP contribution in [-0.4, -0.2) is 31.9 Å². The van der Waals surface area contributed by atoms with Crippen molar-refractivity contribution >= 4 is 34.7 Å². The van der Waals surface area contributed by atoms with Gasteiger partial charge in [-0.1, -0.05) is 60.1 Å². The minimum Gasteiger partial charge on any atom is -0.468 e. The lowest BCUT2D eigenvalue weighted by Crippen LogP contribution is -2.43. The highest BCUT2D eigenvalue weighted by Gasteiger charge is 2.51. The van der Waals surface area contributed by atoms with Crippen molar-refractivity contribution in [2.24, 2.45) is 10.5 Å². The lowest BCUT2D eigenvalue weighted by Gasteiger charge is -2.27. The predicted molar refractivity (Wildman–Crippen MR) is 126 cm³/mol. The first-order valence-corrected chi connectivity index (χ1v) is 10.5. The fourth-order valence-corrected chi connectivity index (χ4v) is 4.10. The normalized spacial score (nSPS) is 19.4. The van der Waals surface area contributed by atoms with Crippen LogP contribution in [0.15, 0.2) is 90.0 Å². The molecule has 1 heterocycles. The Balaban J connectivity index is 1.74. The molecule has 0 spiro atoms. The highest BCUT2D eigenvalue weighted by atomic mass is 35.5. The molecule has 4 rings (SSSR count). The molecule has 0 aromatic heterocycles. The first-order valence-electron chi connectivity index (χ1n) is 10.1. The number of hydrogen-bond donors (Lipinski definition) is 1. The van der Waals surface area contributed by atoms with Crippen LogP contribution in [0.1, 0.15) is 5.56 Å². The lowest BCUT2D eigenvalue weighted by molar-refractivity contribution is -0.147. The van der Waals surface area contributed by atoms with E-state index in [1.165, 1.54) is 7.11 Å². The number of ether oxygens (including phenoxy) is 1. The van der Waals surface area contributed by atoms with Gasteiger partial charge in [-0.25, -0.2) is 0 Å². The molecular formula is C25H24ClN3O2. The largest absolute Gasteiger partial charge is 0.468 e. The number of hydrogen-bond acceptors (Lipinski definition) is 5. The molecule has 0 aliphatic carbocycles. The molecule has 3 aromatic carbocycles. The Morgan fingerprint density at radius 2 is 1.68 bits per heavy atom. The lowest BCUT2D eigenvalue weighted by atomic mass is 9.79. The summed E-state index contributed by atoms with van der Waals surface area (Å²) in [6.07, 6.45) is 0.500. The van der Waals surface area contributed by atoms with Crippen molar-refractivity contribution in [1.29, 1.82) is 0 Å². The van der Waals surface area contributed by atoms with Crippen molar-refractivity contribution in [2.75, 3.05) is 30.5 Å². The number of para-hydroxylation sites is 1. The highest BCUT2D eigenvalue weighted by Crippen LogP contribution is 2.37. The molecular weight excluding hydrogens is 410 g/mol. The summed E-state index contributed by atoms with van der Waals surface area (Å²) in [6.45, 7) is 0.967. The van der Waals surface area contributed by atoms with E-state index in [2.05, 4.69) is 10.3 Å². The SMILES string of the molecule is COC(=O)C1(Cc2ccccc2)CN(c2ccc(Cl)cc2)C/C1=N\Nc1ccccc1. The molecule has 0 saturated carbocycles. The van der Waals surface area contributed by atoms with Crippen LogP contribution in [0.3, 0.4) is 0 Å². The molecule has 5 nitrogen and oxygen atoms in total. The van der Waals surface area contributed by atoms with E-state index in [4.69, 9.17) is 21.4 Å². The first kappa shape index (κ1) is 20.9. The zero-order chi connectivity index (χ0) is 21.7. The van der Waals surface area contributed by atoms with Crippen LogP contribution < -0.4 is 10.3 Å². The van der Waals surface area contributed by atoms with Crippen molar-refractivity contribution in [3.63, 3.8) is 0 Å². The molecule has 0 bridgehead atoms. The molecule has 158 valence electrons. The van der Waals surface area contributed by atoms with Gasteiger partial charge in [-0.05, 0) is 48.4 Å². The second kappa shape index (κ2) is 9.23. The number of carbonyl (C=O) groups excluding carboxylic acids is 1. The average Bonchev–Trinajstić information content (AvgIpc) is 3.18. The van der Waals surface area contributed by atoms with E-state index in [1.807, 2.05) is 84.9 Å². The van der Waals surface area contributed by atoms with Gasteiger partial charge in [0, 0.05) is 17.3 Å². The topological polar surface area (TPSA) is 53.9 Å². The molecule has 3 aromatic rings. The molecule has 6 heteroatoms. The van der Waals surface area contributed by atoms with E-state index in [0.717, 1.165) is 22.6 Å². The number of esters is 1. The Labute approximate surface area is 187 Å². The summed E-state index contributed by atoms with van der Waals surface area (Å²) < 4.78 is 5.30.